The number of benzene rings is 2. The van der Waals surface area contributed by atoms with Crippen molar-refractivity contribution in [3.05, 3.63) is 71.8 Å². The van der Waals surface area contributed by atoms with E-state index < -0.39 is 0 Å². The lowest BCUT2D eigenvalue weighted by molar-refractivity contribution is 0.238. The molecule has 1 N–H and O–H groups in total. The lowest BCUT2D eigenvalue weighted by Gasteiger charge is -2.15. The molecule has 164 valence electrons. The van der Waals surface area contributed by atoms with Crippen LogP contribution in [0, 0.1) is 13.8 Å². The third-order valence-corrected chi connectivity index (χ3v) is 6.15. The van der Waals surface area contributed by atoms with Gasteiger partial charge in [0, 0.05) is 17.8 Å². The number of ether oxygens (including phenoxy) is 1. The predicted molar refractivity (Wildman–Crippen MR) is 129 cm³/mol. The van der Waals surface area contributed by atoms with E-state index >= 15 is 0 Å². The fraction of sp³-hybridized carbons (Fsp3) is 0.308. The largest absolute Gasteiger partial charge is 0.492 e. The van der Waals surface area contributed by atoms with Crippen molar-refractivity contribution in [2.75, 3.05) is 31.6 Å². The van der Waals surface area contributed by atoms with Crippen LogP contribution in [0.4, 0.5) is 11.6 Å². The summed E-state index contributed by atoms with van der Waals surface area (Å²) in [5, 5.41) is 8.02. The molecule has 5 rings (SSSR count). The van der Waals surface area contributed by atoms with Gasteiger partial charge in [-0.1, -0.05) is 18.2 Å². The smallest absolute Gasteiger partial charge is 0.247 e. The molecule has 0 aliphatic carbocycles. The fourth-order valence-electron chi connectivity index (χ4n) is 4.14. The summed E-state index contributed by atoms with van der Waals surface area (Å²) in [6.07, 6.45) is 2.62. The molecular formula is C26H29N5O. The van der Waals surface area contributed by atoms with E-state index in [1.165, 1.54) is 37.1 Å². The van der Waals surface area contributed by atoms with Crippen LogP contribution in [0.3, 0.4) is 0 Å². The van der Waals surface area contributed by atoms with Gasteiger partial charge >= 0.3 is 0 Å². The summed E-state index contributed by atoms with van der Waals surface area (Å²) in [7, 11) is 0. The maximum absolute atomic E-state index is 5.90. The first-order valence-corrected chi connectivity index (χ1v) is 11.3. The van der Waals surface area contributed by atoms with Gasteiger partial charge in [0.2, 0.25) is 5.95 Å². The molecule has 4 aromatic rings. The predicted octanol–water partition coefficient (Wildman–Crippen LogP) is 5.23. The highest BCUT2D eigenvalue weighted by atomic mass is 16.5. The maximum atomic E-state index is 5.90. The average molecular weight is 428 g/mol. The SMILES string of the molecule is Cc1ccc(-c2cccc3nc(Nc4ccc(OCCN5CCCC5)cc4)nn23)cc1C. The number of hydrogen-bond donors (Lipinski definition) is 1. The van der Waals surface area contributed by atoms with Crippen LogP contribution in [0.5, 0.6) is 5.75 Å². The Balaban J connectivity index is 1.28. The van der Waals surface area contributed by atoms with Gasteiger partial charge in [-0.25, -0.2) is 4.52 Å². The van der Waals surface area contributed by atoms with Gasteiger partial charge in [-0.3, -0.25) is 4.90 Å². The Hall–Kier alpha value is -3.38. The Kier molecular flexibility index (Phi) is 5.77. The Morgan fingerprint density at radius 1 is 0.938 bits per heavy atom. The zero-order chi connectivity index (χ0) is 21.9. The highest BCUT2D eigenvalue weighted by Crippen LogP contribution is 2.24. The van der Waals surface area contributed by atoms with Gasteiger partial charge in [0.15, 0.2) is 5.65 Å². The van der Waals surface area contributed by atoms with Gasteiger partial charge in [-0.15, -0.1) is 5.10 Å². The van der Waals surface area contributed by atoms with Gasteiger partial charge < -0.3 is 10.1 Å². The van der Waals surface area contributed by atoms with Crippen molar-refractivity contribution in [2.24, 2.45) is 0 Å². The molecule has 0 saturated carbocycles. The monoisotopic (exact) mass is 427 g/mol. The number of nitrogens with one attached hydrogen (secondary N) is 1. The van der Waals surface area contributed by atoms with E-state index in [2.05, 4.69) is 53.3 Å². The molecular weight excluding hydrogens is 398 g/mol. The van der Waals surface area contributed by atoms with Crippen LogP contribution in [0.1, 0.15) is 24.0 Å². The van der Waals surface area contributed by atoms with Gasteiger partial charge in [0.05, 0.1) is 5.69 Å². The minimum Gasteiger partial charge on any atom is -0.492 e. The van der Waals surface area contributed by atoms with Crippen LogP contribution in [0.25, 0.3) is 16.9 Å². The summed E-state index contributed by atoms with van der Waals surface area (Å²) < 4.78 is 7.79. The van der Waals surface area contributed by atoms with E-state index in [1.807, 2.05) is 40.9 Å². The molecule has 2 aromatic heterocycles. The highest BCUT2D eigenvalue weighted by Gasteiger charge is 2.12. The first-order valence-electron chi connectivity index (χ1n) is 11.3. The summed E-state index contributed by atoms with van der Waals surface area (Å²) in [6.45, 7) is 8.37. The lowest BCUT2D eigenvalue weighted by atomic mass is 10.0. The standard InChI is InChI=1S/C26H29N5O/c1-19-8-9-21(18-20(19)2)24-6-5-7-25-28-26(29-31(24)25)27-22-10-12-23(13-11-22)32-17-16-30-14-3-4-15-30/h5-13,18H,3-4,14-17H2,1-2H3,(H,27,29). The van der Waals surface area contributed by atoms with Crippen LogP contribution >= 0.6 is 0 Å². The molecule has 0 spiro atoms. The molecule has 0 atom stereocenters. The molecule has 1 aliphatic heterocycles. The molecule has 3 heterocycles. The van der Waals surface area contributed by atoms with Crippen molar-refractivity contribution in [1.29, 1.82) is 0 Å². The maximum Gasteiger partial charge on any atom is 0.247 e. The van der Waals surface area contributed by atoms with Crippen molar-refractivity contribution >= 4 is 17.3 Å². The third kappa shape index (κ3) is 4.46. The molecule has 1 fully saturated rings. The number of likely N-dealkylation sites (tertiary alicyclic amines) is 1. The van der Waals surface area contributed by atoms with Crippen LogP contribution in [0.15, 0.2) is 60.7 Å². The van der Waals surface area contributed by atoms with E-state index in [-0.39, 0.29) is 0 Å². The minimum atomic E-state index is 0.573. The van der Waals surface area contributed by atoms with Gasteiger partial charge in [-0.05, 0) is 93.4 Å². The second kappa shape index (κ2) is 9.01. The van der Waals surface area contributed by atoms with E-state index in [0.717, 1.165) is 41.5 Å². The van der Waals surface area contributed by atoms with Crippen molar-refractivity contribution < 1.29 is 4.74 Å². The first-order chi connectivity index (χ1) is 15.7. The zero-order valence-electron chi connectivity index (χ0n) is 18.7. The third-order valence-electron chi connectivity index (χ3n) is 6.15. The Labute approximate surface area is 188 Å². The van der Waals surface area contributed by atoms with E-state index in [0.29, 0.717) is 5.95 Å². The quantitative estimate of drug-likeness (QED) is 0.438. The van der Waals surface area contributed by atoms with Crippen molar-refractivity contribution in [2.45, 2.75) is 26.7 Å². The van der Waals surface area contributed by atoms with E-state index in [1.54, 1.807) is 0 Å². The summed E-state index contributed by atoms with van der Waals surface area (Å²) in [5.41, 5.74) is 6.44. The van der Waals surface area contributed by atoms with Gasteiger partial charge in [0.1, 0.15) is 12.4 Å². The van der Waals surface area contributed by atoms with E-state index in [9.17, 15) is 0 Å². The summed E-state index contributed by atoms with van der Waals surface area (Å²) in [6, 6.07) is 20.5. The molecule has 0 unspecified atom stereocenters. The molecule has 6 nitrogen and oxygen atoms in total. The van der Waals surface area contributed by atoms with Gasteiger partial charge in [-0.2, -0.15) is 4.98 Å². The first kappa shape index (κ1) is 20.5. The Bertz CT molecular complexity index is 1210. The van der Waals surface area contributed by atoms with Crippen molar-refractivity contribution in [1.82, 2.24) is 19.5 Å². The van der Waals surface area contributed by atoms with Crippen LogP contribution in [0.2, 0.25) is 0 Å². The topological polar surface area (TPSA) is 54.7 Å². The van der Waals surface area contributed by atoms with Gasteiger partial charge in [0.25, 0.3) is 0 Å². The molecule has 0 amide bonds. The summed E-state index contributed by atoms with van der Waals surface area (Å²) in [5.74, 6) is 1.46. The number of hydrogen-bond acceptors (Lipinski definition) is 5. The molecule has 0 bridgehead atoms. The van der Waals surface area contributed by atoms with Crippen molar-refractivity contribution in [3.63, 3.8) is 0 Å². The van der Waals surface area contributed by atoms with Crippen LogP contribution in [-0.2, 0) is 0 Å². The Morgan fingerprint density at radius 3 is 2.53 bits per heavy atom. The number of fused-ring (bicyclic) bond motifs is 1. The molecule has 1 aliphatic rings. The average Bonchev–Trinajstić information content (AvgIpc) is 3.46. The molecule has 32 heavy (non-hydrogen) atoms. The number of anilines is 2. The van der Waals surface area contributed by atoms with Crippen LogP contribution in [-0.4, -0.2) is 45.7 Å². The number of rotatable bonds is 7. The Morgan fingerprint density at radius 2 is 1.75 bits per heavy atom. The number of aryl methyl sites for hydroxylation is 2. The number of pyridine rings is 1. The molecule has 0 radical (unpaired) electrons. The second-order valence-electron chi connectivity index (χ2n) is 8.46. The highest BCUT2D eigenvalue weighted by molar-refractivity contribution is 5.66. The minimum absolute atomic E-state index is 0.573. The van der Waals surface area contributed by atoms with E-state index in [4.69, 9.17) is 9.84 Å². The zero-order valence-corrected chi connectivity index (χ0v) is 18.7. The van der Waals surface area contributed by atoms with Crippen LogP contribution < -0.4 is 10.1 Å². The lowest BCUT2D eigenvalue weighted by Crippen LogP contribution is -2.25. The molecule has 1 saturated heterocycles. The molecule has 2 aromatic carbocycles. The normalized spacial score (nSPS) is 14.2. The fourth-order valence-corrected chi connectivity index (χ4v) is 4.14. The second-order valence-corrected chi connectivity index (χ2v) is 8.46. The number of aromatic nitrogens is 3. The summed E-state index contributed by atoms with van der Waals surface area (Å²) in [4.78, 5) is 7.11. The number of nitrogens with zero attached hydrogens (tertiary/aromatic N) is 4. The summed E-state index contributed by atoms with van der Waals surface area (Å²) >= 11 is 0. The molecule has 6 heteroatoms. The van der Waals surface area contributed by atoms with Crippen molar-refractivity contribution in [3.8, 4) is 17.0 Å².